The molecule has 0 amide bonds. The first kappa shape index (κ1) is 18.3. The Kier molecular flexibility index (Phi) is 5.48. The summed E-state index contributed by atoms with van der Waals surface area (Å²) in [5.41, 5.74) is 3.93. The number of hydrogen-bond acceptors (Lipinski definition) is 3. The van der Waals surface area contributed by atoms with E-state index in [1.165, 1.54) is 0 Å². The lowest BCUT2D eigenvalue weighted by atomic mass is 9.99. The van der Waals surface area contributed by atoms with Crippen LogP contribution in [0.5, 0.6) is 5.75 Å². The standard InChI is InChI=1S/C22H21ClO3/c1-14(2)9-10-25-21-13-20-17(12-19(21)23)15(3)18(22(24)26-20)11-16-7-5-4-6-8-16/h4-9,12-13H,10-11H2,1-3H3. The van der Waals surface area contributed by atoms with Gasteiger partial charge in [-0.15, -0.1) is 0 Å². The maximum atomic E-state index is 12.5. The molecule has 3 nitrogen and oxygen atoms in total. The van der Waals surface area contributed by atoms with Crippen LogP contribution < -0.4 is 10.4 Å². The quantitative estimate of drug-likeness (QED) is 0.429. The van der Waals surface area contributed by atoms with E-state index in [9.17, 15) is 4.79 Å². The van der Waals surface area contributed by atoms with Gasteiger partial charge in [0, 0.05) is 23.4 Å². The van der Waals surface area contributed by atoms with Crippen LogP contribution in [0.25, 0.3) is 11.0 Å². The Morgan fingerprint density at radius 3 is 2.62 bits per heavy atom. The van der Waals surface area contributed by atoms with Gasteiger partial charge in [0.25, 0.3) is 0 Å². The fourth-order valence-electron chi connectivity index (χ4n) is 2.80. The van der Waals surface area contributed by atoms with Crippen molar-refractivity contribution in [2.75, 3.05) is 6.61 Å². The zero-order chi connectivity index (χ0) is 18.7. The molecular formula is C22H21ClO3. The molecule has 134 valence electrons. The molecule has 3 rings (SSSR count). The largest absolute Gasteiger partial charge is 0.488 e. The summed E-state index contributed by atoms with van der Waals surface area (Å²) in [6.45, 7) is 6.35. The highest BCUT2D eigenvalue weighted by Gasteiger charge is 2.14. The minimum atomic E-state index is -0.323. The number of benzene rings is 2. The highest BCUT2D eigenvalue weighted by molar-refractivity contribution is 6.32. The van der Waals surface area contributed by atoms with E-state index < -0.39 is 0 Å². The molecule has 1 heterocycles. The Morgan fingerprint density at radius 1 is 1.19 bits per heavy atom. The molecule has 2 aromatic carbocycles. The smallest absolute Gasteiger partial charge is 0.340 e. The molecule has 0 aliphatic carbocycles. The Hall–Kier alpha value is -2.52. The van der Waals surface area contributed by atoms with E-state index in [2.05, 4.69) is 0 Å². The zero-order valence-corrected chi connectivity index (χ0v) is 15.9. The van der Waals surface area contributed by atoms with Crippen molar-refractivity contribution in [1.29, 1.82) is 0 Å². The van der Waals surface area contributed by atoms with Gasteiger partial charge in [-0.25, -0.2) is 4.79 Å². The second-order valence-electron chi connectivity index (χ2n) is 6.53. The van der Waals surface area contributed by atoms with Gasteiger partial charge in [-0.2, -0.15) is 0 Å². The van der Waals surface area contributed by atoms with Crippen LogP contribution >= 0.6 is 11.6 Å². The fourth-order valence-corrected chi connectivity index (χ4v) is 3.02. The van der Waals surface area contributed by atoms with Crippen LogP contribution in [-0.4, -0.2) is 6.61 Å². The second kappa shape index (κ2) is 7.79. The normalized spacial score (nSPS) is 10.8. The van der Waals surface area contributed by atoms with E-state index in [1.807, 2.05) is 63.2 Å². The van der Waals surface area contributed by atoms with Crippen molar-refractivity contribution in [2.24, 2.45) is 0 Å². The van der Waals surface area contributed by atoms with Gasteiger partial charge in [-0.1, -0.05) is 47.5 Å². The summed E-state index contributed by atoms with van der Waals surface area (Å²) in [7, 11) is 0. The fraction of sp³-hybridized carbons (Fsp3) is 0.227. The number of fused-ring (bicyclic) bond motifs is 1. The molecule has 26 heavy (non-hydrogen) atoms. The summed E-state index contributed by atoms with van der Waals surface area (Å²) < 4.78 is 11.3. The van der Waals surface area contributed by atoms with E-state index in [1.54, 1.807) is 6.07 Å². The molecule has 0 aliphatic rings. The summed E-state index contributed by atoms with van der Waals surface area (Å²) in [6.07, 6.45) is 2.49. The lowest BCUT2D eigenvalue weighted by molar-refractivity contribution is 0.362. The van der Waals surface area contributed by atoms with Crippen molar-refractivity contribution >= 4 is 22.6 Å². The summed E-state index contributed by atoms with van der Waals surface area (Å²) in [6, 6.07) is 13.4. The third-order valence-electron chi connectivity index (χ3n) is 4.29. The maximum Gasteiger partial charge on any atom is 0.340 e. The number of rotatable bonds is 5. The SMILES string of the molecule is CC(C)=CCOc1cc2oc(=O)c(Cc3ccccc3)c(C)c2cc1Cl. The molecule has 0 bridgehead atoms. The van der Waals surface area contributed by atoms with Gasteiger partial charge >= 0.3 is 5.63 Å². The summed E-state index contributed by atoms with van der Waals surface area (Å²) >= 11 is 6.38. The number of ether oxygens (including phenoxy) is 1. The van der Waals surface area contributed by atoms with Crippen LogP contribution in [0.3, 0.4) is 0 Å². The van der Waals surface area contributed by atoms with Crippen molar-refractivity contribution in [3.63, 3.8) is 0 Å². The molecule has 0 fully saturated rings. The summed E-state index contributed by atoms with van der Waals surface area (Å²) in [5.74, 6) is 0.509. The average molecular weight is 369 g/mol. The molecule has 1 aromatic heterocycles. The van der Waals surface area contributed by atoms with E-state index in [0.717, 1.165) is 22.1 Å². The summed E-state index contributed by atoms with van der Waals surface area (Å²) in [5, 5.41) is 1.33. The summed E-state index contributed by atoms with van der Waals surface area (Å²) in [4.78, 5) is 12.5. The third kappa shape index (κ3) is 4.00. The molecule has 3 aromatic rings. The zero-order valence-electron chi connectivity index (χ0n) is 15.1. The molecule has 0 radical (unpaired) electrons. The van der Waals surface area contributed by atoms with Crippen molar-refractivity contribution in [3.8, 4) is 5.75 Å². The van der Waals surface area contributed by atoms with Crippen LogP contribution in [0.1, 0.15) is 30.5 Å². The van der Waals surface area contributed by atoms with Gasteiger partial charge in [0.05, 0.1) is 5.02 Å². The second-order valence-corrected chi connectivity index (χ2v) is 6.93. The van der Waals surface area contributed by atoms with Crippen molar-refractivity contribution < 1.29 is 9.15 Å². The number of aryl methyl sites for hydroxylation is 1. The van der Waals surface area contributed by atoms with Gasteiger partial charge in [0.2, 0.25) is 0 Å². The molecule has 0 saturated carbocycles. The topological polar surface area (TPSA) is 39.4 Å². The van der Waals surface area contributed by atoms with Gasteiger partial charge in [-0.05, 0) is 44.0 Å². The van der Waals surface area contributed by atoms with Gasteiger partial charge in [0.15, 0.2) is 0 Å². The molecule has 0 N–H and O–H groups in total. The molecule has 0 spiro atoms. The van der Waals surface area contributed by atoms with E-state index in [4.69, 9.17) is 20.8 Å². The van der Waals surface area contributed by atoms with Crippen molar-refractivity contribution in [1.82, 2.24) is 0 Å². The van der Waals surface area contributed by atoms with Crippen LogP contribution in [0.15, 0.2) is 63.3 Å². The molecular weight excluding hydrogens is 348 g/mol. The number of allylic oxidation sites excluding steroid dienone is 1. The minimum Gasteiger partial charge on any atom is -0.488 e. The first-order valence-electron chi connectivity index (χ1n) is 8.51. The Bertz CT molecular complexity index is 1010. The number of hydrogen-bond donors (Lipinski definition) is 0. The molecule has 0 atom stereocenters. The molecule has 0 saturated heterocycles. The highest BCUT2D eigenvalue weighted by Crippen LogP contribution is 2.32. The van der Waals surface area contributed by atoms with Crippen LogP contribution in [0.2, 0.25) is 5.02 Å². The Morgan fingerprint density at radius 2 is 1.92 bits per heavy atom. The van der Waals surface area contributed by atoms with Crippen LogP contribution in [0, 0.1) is 6.92 Å². The van der Waals surface area contributed by atoms with Gasteiger partial charge < -0.3 is 9.15 Å². The Labute approximate surface area is 157 Å². The van der Waals surface area contributed by atoms with Crippen molar-refractivity contribution in [3.05, 3.63) is 86.2 Å². The monoisotopic (exact) mass is 368 g/mol. The Balaban J connectivity index is 2.01. The minimum absolute atomic E-state index is 0.323. The third-order valence-corrected chi connectivity index (χ3v) is 4.59. The van der Waals surface area contributed by atoms with Gasteiger partial charge in [-0.3, -0.25) is 0 Å². The predicted octanol–water partition coefficient (Wildman–Crippen LogP) is 5.69. The first-order chi connectivity index (χ1) is 12.5. The highest BCUT2D eigenvalue weighted by atomic mass is 35.5. The average Bonchev–Trinajstić information content (AvgIpc) is 2.61. The van der Waals surface area contributed by atoms with E-state index in [-0.39, 0.29) is 5.63 Å². The molecule has 0 unspecified atom stereocenters. The van der Waals surface area contributed by atoms with Crippen LogP contribution in [-0.2, 0) is 6.42 Å². The lowest BCUT2D eigenvalue weighted by Crippen LogP contribution is -2.11. The first-order valence-corrected chi connectivity index (χ1v) is 8.89. The van der Waals surface area contributed by atoms with E-state index in [0.29, 0.717) is 34.9 Å². The lowest BCUT2D eigenvalue weighted by Gasteiger charge is -2.11. The van der Waals surface area contributed by atoms with Crippen molar-refractivity contribution in [2.45, 2.75) is 27.2 Å². The predicted molar refractivity (Wildman–Crippen MR) is 106 cm³/mol. The van der Waals surface area contributed by atoms with Crippen LogP contribution in [0.4, 0.5) is 0 Å². The van der Waals surface area contributed by atoms with Gasteiger partial charge in [0.1, 0.15) is 17.9 Å². The number of halogens is 1. The maximum absolute atomic E-state index is 12.5. The van der Waals surface area contributed by atoms with E-state index >= 15 is 0 Å². The molecule has 4 heteroatoms. The molecule has 0 aliphatic heterocycles.